The molecule has 0 spiro atoms. The first-order chi connectivity index (χ1) is 18.9. The first-order valence-electron chi connectivity index (χ1n) is 12.7. The molecule has 2 fully saturated rings. The minimum absolute atomic E-state index is 0.00292. The number of piperazine rings is 2. The molecule has 2 amide bonds. The van der Waals surface area contributed by atoms with E-state index < -0.39 is 39.6 Å². The number of phenolic OH excluding ortho intramolecular Hbond substituents is 1. The van der Waals surface area contributed by atoms with Gasteiger partial charge in [-0.05, 0) is 25.1 Å². The Hall–Kier alpha value is -3.42. The zero-order valence-corrected chi connectivity index (χ0v) is 23.6. The van der Waals surface area contributed by atoms with Crippen LogP contribution in [-0.2, 0) is 14.8 Å². The van der Waals surface area contributed by atoms with Gasteiger partial charge < -0.3 is 24.5 Å². The van der Waals surface area contributed by atoms with E-state index in [0.29, 0.717) is 6.54 Å². The molecule has 3 aliphatic heterocycles. The molecule has 0 saturated carbocycles. The third-order valence-corrected chi connectivity index (χ3v) is 9.12. The van der Waals surface area contributed by atoms with Gasteiger partial charge >= 0.3 is 0 Å². The molecule has 2 saturated heterocycles. The van der Waals surface area contributed by atoms with Crippen LogP contribution >= 0.6 is 11.6 Å². The predicted molar refractivity (Wildman–Crippen MR) is 147 cm³/mol. The molecule has 14 heteroatoms. The van der Waals surface area contributed by atoms with Crippen LogP contribution in [0.5, 0.6) is 11.5 Å². The Morgan fingerprint density at radius 2 is 1.93 bits per heavy atom. The fourth-order valence-electron chi connectivity index (χ4n) is 5.44. The molecule has 0 unspecified atom stereocenters. The summed E-state index contributed by atoms with van der Waals surface area (Å²) < 4.78 is 46.9. The molecular weight excluding hydrogens is 565 g/mol. The molecule has 3 aliphatic rings. The zero-order chi connectivity index (χ0) is 28.9. The topological polar surface area (TPSA) is 124 Å². The predicted octanol–water partition coefficient (Wildman–Crippen LogP) is 1.95. The number of phenols is 1. The number of nitrogens with zero attached hydrogens (tertiary/aromatic N) is 5. The van der Waals surface area contributed by atoms with E-state index in [1.165, 1.54) is 22.5 Å². The van der Waals surface area contributed by atoms with E-state index in [1.807, 2.05) is 0 Å². The zero-order valence-electron chi connectivity index (χ0n) is 22.0. The minimum Gasteiger partial charge on any atom is -0.507 e. The smallest absolute Gasteiger partial charge is 0.261 e. The third kappa shape index (κ3) is 4.86. The molecule has 2 aromatic rings. The van der Waals surface area contributed by atoms with Crippen LogP contribution in [-0.4, -0.2) is 109 Å². The van der Waals surface area contributed by atoms with Gasteiger partial charge in [-0.3, -0.25) is 9.59 Å². The van der Waals surface area contributed by atoms with Crippen LogP contribution in [0, 0.1) is 5.82 Å². The summed E-state index contributed by atoms with van der Waals surface area (Å²) in [6.45, 7) is 6.55. The lowest BCUT2D eigenvalue weighted by molar-refractivity contribution is -0.128. The fourth-order valence-corrected chi connectivity index (χ4v) is 6.62. The lowest BCUT2D eigenvalue weighted by atomic mass is 10.0. The molecule has 40 heavy (non-hydrogen) atoms. The first kappa shape index (κ1) is 28.1. The number of amides is 2. The van der Waals surface area contributed by atoms with Crippen LogP contribution in [0.3, 0.4) is 0 Å². The Morgan fingerprint density at radius 3 is 2.58 bits per heavy atom. The fraction of sp³-hybridized carbons (Fsp3) is 0.423. The van der Waals surface area contributed by atoms with Crippen molar-refractivity contribution in [1.82, 2.24) is 19.1 Å². The number of rotatable bonds is 4. The lowest BCUT2D eigenvalue weighted by Crippen LogP contribution is -2.57. The number of ether oxygens (including phenoxy) is 1. The summed E-state index contributed by atoms with van der Waals surface area (Å²) in [5.41, 5.74) is -0.296. The summed E-state index contributed by atoms with van der Waals surface area (Å²) in [7, 11) is -3.45. The standard InChI is InChI=1S/C26H29ClFN5O6S/c1-4-19(35)30-8-10-33-16(13-30)14-39-24-21(26(33)36)25(32-11-9-31(12-15(32)2)40(3,37)38)29-23(22(24)27)20-17(28)6-5-7-18(20)34/h4-7,15-16,34H,1,8-14H2,2-3H3/t15-,16+/m0/s1. The number of carbonyl (C=O) groups is 2. The number of hydrogen-bond acceptors (Lipinski definition) is 8. The molecule has 214 valence electrons. The third-order valence-electron chi connectivity index (χ3n) is 7.50. The summed E-state index contributed by atoms with van der Waals surface area (Å²) >= 11 is 6.75. The highest BCUT2D eigenvalue weighted by Crippen LogP contribution is 2.46. The number of benzene rings is 1. The molecule has 2 atom stereocenters. The van der Waals surface area contributed by atoms with Gasteiger partial charge in [0.05, 0.1) is 17.9 Å². The van der Waals surface area contributed by atoms with Crippen molar-refractivity contribution in [2.75, 3.05) is 57.0 Å². The maximum Gasteiger partial charge on any atom is 0.261 e. The molecule has 5 rings (SSSR count). The van der Waals surface area contributed by atoms with E-state index in [9.17, 15) is 23.1 Å². The Labute approximate surface area is 236 Å². The molecule has 0 aliphatic carbocycles. The number of aromatic nitrogens is 1. The van der Waals surface area contributed by atoms with E-state index in [0.717, 1.165) is 12.3 Å². The van der Waals surface area contributed by atoms with Crippen LogP contribution in [0.1, 0.15) is 17.3 Å². The van der Waals surface area contributed by atoms with Crippen molar-refractivity contribution in [1.29, 1.82) is 0 Å². The molecule has 11 nitrogen and oxygen atoms in total. The molecule has 1 N–H and O–H groups in total. The quantitative estimate of drug-likeness (QED) is 0.534. The van der Waals surface area contributed by atoms with Crippen LogP contribution in [0.15, 0.2) is 30.9 Å². The average Bonchev–Trinajstić information content (AvgIpc) is 3.05. The highest BCUT2D eigenvalue weighted by molar-refractivity contribution is 7.88. The molecule has 0 radical (unpaired) electrons. The average molecular weight is 594 g/mol. The summed E-state index contributed by atoms with van der Waals surface area (Å²) in [5.74, 6) is -1.72. The molecular formula is C26H29ClFN5O6S. The first-order valence-corrected chi connectivity index (χ1v) is 14.9. The summed E-state index contributed by atoms with van der Waals surface area (Å²) in [5, 5.41) is 10.4. The lowest BCUT2D eigenvalue weighted by Gasteiger charge is -2.41. The van der Waals surface area contributed by atoms with Gasteiger partial charge in [-0.2, -0.15) is 4.31 Å². The van der Waals surface area contributed by atoms with Gasteiger partial charge in [-0.1, -0.05) is 24.2 Å². The van der Waals surface area contributed by atoms with Crippen LogP contribution < -0.4 is 9.64 Å². The second kappa shape index (κ2) is 10.5. The van der Waals surface area contributed by atoms with E-state index in [-0.39, 0.29) is 78.6 Å². The highest BCUT2D eigenvalue weighted by Gasteiger charge is 2.42. The van der Waals surface area contributed by atoms with Crippen molar-refractivity contribution in [3.05, 3.63) is 47.3 Å². The van der Waals surface area contributed by atoms with E-state index in [4.69, 9.17) is 16.3 Å². The Morgan fingerprint density at radius 1 is 1.20 bits per heavy atom. The van der Waals surface area contributed by atoms with Crippen molar-refractivity contribution in [3.8, 4) is 22.8 Å². The SMILES string of the molecule is C=CC(=O)N1CCN2C(=O)c3c(N4CCN(S(C)(=O)=O)C[C@@H]4C)nc(-c4c(O)cccc4F)c(Cl)c3OC[C@H]2C1. The summed E-state index contributed by atoms with van der Waals surface area (Å²) in [4.78, 5) is 36.0. The van der Waals surface area contributed by atoms with Gasteiger partial charge in [0.1, 0.15) is 40.3 Å². The van der Waals surface area contributed by atoms with Crippen LogP contribution in [0.4, 0.5) is 10.2 Å². The van der Waals surface area contributed by atoms with Gasteiger partial charge in [-0.15, -0.1) is 0 Å². The second-order valence-electron chi connectivity index (χ2n) is 10.1. The van der Waals surface area contributed by atoms with Crippen LogP contribution in [0.25, 0.3) is 11.3 Å². The largest absolute Gasteiger partial charge is 0.507 e. The number of anilines is 1. The van der Waals surface area contributed by atoms with Crippen molar-refractivity contribution >= 4 is 39.3 Å². The summed E-state index contributed by atoms with van der Waals surface area (Å²) in [6, 6.07) is 2.88. The van der Waals surface area contributed by atoms with E-state index in [1.54, 1.807) is 21.6 Å². The Kier molecular flexibility index (Phi) is 7.40. The van der Waals surface area contributed by atoms with Crippen molar-refractivity contribution in [2.45, 2.75) is 19.0 Å². The number of hydrogen-bond donors (Lipinski definition) is 1. The normalized spacial score (nSPS) is 21.8. The number of halogens is 2. The van der Waals surface area contributed by atoms with Gasteiger partial charge in [0, 0.05) is 45.3 Å². The molecule has 4 heterocycles. The highest BCUT2D eigenvalue weighted by atomic mass is 35.5. The Balaban J connectivity index is 1.65. The van der Waals surface area contributed by atoms with Gasteiger partial charge in [0.2, 0.25) is 15.9 Å². The number of fused-ring (bicyclic) bond motifs is 2. The monoisotopic (exact) mass is 593 g/mol. The van der Waals surface area contributed by atoms with Gasteiger partial charge in [-0.25, -0.2) is 17.8 Å². The molecule has 1 aromatic heterocycles. The number of carbonyl (C=O) groups excluding carboxylic acids is 2. The van der Waals surface area contributed by atoms with Gasteiger partial charge in [0.15, 0.2) is 5.75 Å². The van der Waals surface area contributed by atoms with Crippen molar-refractivity contribution < 1.29 is 32.2 Å². The van der Waals surface area contributed by atoms with Gasteiger partial charge in [0.25, 0.3) is 5.91 Å². The molecule has 0 bridgehead atoms. The Bertz CT molecular complexity index is 1480. The minimum atomic E-state index is -3.45. The number of aromatic hydroxyl groups is 1. The number of sulfonamides is 1. The second-order valence-corrected chi connectivity index (χ2v) is 12.4. The van der Waals surface area contributed by atoms with Crippen molar-refractivity contribution in [2.24, 2.45) is 0 Å². The summed E-state index contributed by atoms with van der Waals surface area (Å²) in [6.07, 6.45) is 2.35. The van der Waals surface area contributed by atoms with E-state index >= 15 is 4.39 Å². The van der Waals surface area contributed by atoms with Crippen LogP contribution in [0.2, 0.25) is 5.02 Å². The van der Waals surface area contributed by atoms with Crippen molar-refractivity contribution in [3.63, 3.8) is 0 Å². The maximum absolute atomic E-state index is 15.0. The number of pyridine rings is 1. The van der Waals surface area contributed by atoms with E-state index in [2.05, 4.69) is 11.6 Å². The maximum atomic E-state index is 15.0. The molecule has 1 aromatic carbocycles.